The Kier molecular flexibility index (Phi) is 8.98. The van der Waals surface area contributed by atoms with Crippen LogP contribution in [0.2, 0.25) is 0 Å². The van der Waals surface area contributed by atoms with Gasteiger partial charge < -0.3 is 10.6 Å². The Morgan fingerprint density at radius 1 is 1.21 bits per heavy atom. The van der Waals surface area contributed by atoms with Gasteiger partial charge >= 0.3 is 0 Å². The molecule has 24 heavy (non-hydrogen) atoms. The fraction of sp³-hybridized carbons (Fsp3) is 0.938. The second-order valence-corrected chi connectivity index (χ2v) is 9.17. The third-order valence-electron chi connectivity index (χ3n) is 5.27. The van der Waals surface area contributed by atoms with Crippen LogP contribution in [-0.4, -0.2) is 56.6 Å². The lowest BCUT2D eigenvalue weighted by molar-refractivity contribution is -0.123. The number of carbonyl (C=O) groups excluding carboxylic acids is 1. The normalized spacial score (nSPS) is 22.6. The van der Waals surface area contributed by atoms with Gasteiger partial charge in [-0.25, -0.2) is 12.7 Å². The molecule has 0 radical (unpaired) electrons. The predicted molar refractivity (Wildman–Crippen MR) is 98.8 cm³/mol. The van der Waals surface area contributed by atoms with Gasteiger partial charge in [-0.15, -0.1) is 12.4 Å². The number of sulfonamides is 1. The highest BCUT2D eigenvalue weighted by molar-refractivity contribution is 7.89. The van der Waals surface area contributed by atoms with E-state index in [-0.39, 0.29) is 30.1 Å². The summed E-state index contributed by atoms with van der Waals surface area (Å²) in [5.74, 6) is 1.32. The van der Waals surface area contributed by atoms with Gasteiger partial charge in [0, 0.05) is 25.6 Å². The zero-order chi connectivity index (χ0) is 16.9. The Morgan fingerprint density at radius 3 is 2.33 bits per heavy atom. The Balaban J connectivity index is 0.00000288. The van der Waals surface area contributed by atoms with Crippen molar-refractivity contribution in [3.63, 3.8) is 0 Å². The lowest BCUT2D eigenvalue weighted by atomic mass is 9.84. The molecular formula is C16H32ClN3O3S. The fourth-order valence-electron chi connectivity index (χ4n) is 3.62. The molecule has 1 amide bonds. The van der Waals surface area contributed by atoms with Gasteiger partial charge in [0.05, 0.1) is 5.75 Å². The van der Waals surface area contributed by atoms with Crippen LogP contribution in [-0.2, 0) is 14.8 Å². The first kappa shape index (κ1) is 21.7. The van der Waals surface area contributed by atoms with Crippen molar-refractivity contribution in [2.45, 2.75) is 52.0 Å². The summed E-state index contributed by atoms with van der Waals surface area (Å²) in [5.41, 5.74) is 0. The second kappa shape index (κ2) is 9.94. The lowest BCUT2D eigenvalue weighted by Crippen LogP contribution is -2.47. The highest BCUT2D eigenvalue weighted by Gasteiger charge is 2.28. The molecule has 0 aromatic rings. The molecule has 2 rings (SSSR count). The first-order chi connectivity index (χ1) is 10.9. The van der Waals surface area contributed by atoms with Crippen molar-refractivity contribution in [3.8, 4) is 0 Å². The van der Waals surface area contributed by atoms with E-state index in [9.17, 15) is 13.2 Å². The molecule has 0 aliphatic carbocycles. The number of carbonyl (C=O) groups is 1. The van der Waals surface area contributed by atoms with Crippen LogP contribution in [0.1, 0.15) is 46.0 Å². The molecule has 0 aromatic heterocycles. The molecule has 0 aromatic carbocycles. The van der Waals surface area contributed by atoms with E-state index < -0.39 is 10.0 Å². The Labute approximate surface area is 152 Å². The molecule has 0 spiro atoms. The SMILES string of the molecule is CCS(=O)(=O)N1CCC(NC(=O)CC(C)C2CCNCC2)CC1.Cl. The number of hydrogen-bond acceptors (Lipinski definition) is 4. The van der Waals surface area contributed by atoms with E-state index in [4.69, 9.17) is 0 Å². The number of amides is 1. The highest BCUT2D eigenvalue weighted by atomic mass is 35.5. The van der Waals surface area contributed by atoms with E-state index in [1.54, 1.807) is 11.2 Å². The van der Waals surface area contributed by atoms with Gasteiger partial charge in [-0.05, 0) is 57.5 Å². The minimum Gasteiger partial charge on any atom is -0.353 e. The summed E-state index contributed by atoms with van der Waals surface area (Å²) < 4.78 is 25.2. The summed E-state index contributed by atoms with van der Waals surface area (Å²) in [6, 6.07) is 0.117. The molecule has 142 valence electrons. The van der Waals surface area contributed by atoms with Gasteiger partial charge in [-0.2, -0.15) is 0 Å². The van der Waals surface area contributed by atoms with Gasteiger partial charge in [-0.1, -0.05) is 6.92 Å². The Hall–Kier alpha value is -0.370. The monoisotopic (exact) mass is 381 g/mol. The molecule has 2 aliphatic rings. The zero-order valence-corrected chi connectivity index (χ0v) is 16.4. The van der Waals surface area contributed by atoms with Crippen molar-refractivity contribution in [1.82, 2.24) is 14.9 Å². The van der Waals surface area contributed by atoms with E-state index >= 15 is 0 Å². The van der Waals surface area contributed by atoms with Crippen LogP contribution in [0, 0.1) is 11.8 Å². The number of hydrogen-bond donors (Lipinski definition) is 2. The summed E-state index contributed by atoms with van der Waals surface area (Å²) in [6.07, 6.45) is 4.32. The molecule has 1 unspecified atom stereocenters. The van der Waals surface area contributed by atoms with Crippen LogP contribution in [0.5, 0.6) is 0 Å². The van der Waals surface area contributed by atoms with E-state index in [0.29, 0.717) is 44.2 Å². The molecule has 1 atom stereocenters. The van der Waals surface area contributed by atoms with Crippen LogP contribution in [0.15, 0.2) is 0 Å². The maximum Gasteiger partial charge on any atom is 0.220 e. The molecule has 6 nitrogen and oxygen atoms in total. The molecule has 0 saturated carbocycles. The second-order valence-electron chi connectivity index (χ2n) is 6.91. The van der Waals surface area contributed by atoms with E-state index in [2.05, 4.69) is 17.6 Å². The number of halogens is 1. The van der Waals surface area contributed by atoms with E-state index in [1.165, 1.54) is 0 Å². The molecule has 2 aliphatic heterocycles. The number of nitrogens with one attached hydrogen (secondary N) is 2. The third kappa shape index (κ3) is 6.17. The third-order valence-corrected chi connectivity index (χ3v) is 7.15. The van der Waals surface area contributed by atoms with Crippen LogP contribution in [0.4, 0.5) is 0 Å². The maximum atomic E-state index is 12.2. The van der Waals surface area contributed by atoms with Crippen LogP contribution >= 0.6 is 12.4 Å². The summed E-state index contributed by atoms with van der Waals surface area (Å²) in [4.78, 5) is 12.2. The molecule has 8 heteroatoms. The van der Waals surface area contributed by atoms with Crippen LogP contribution in [0.25, 0.3) is 0 Å². The molecule has 2 fully saturated rings. The topological polar surface area (TPSA) is 78.5 Å². The molecule has 2 heterocycles. The van der Waals surface area contributed by atoms with Crippen LogP contribution < -0.4 is 10.6 Å². The quantitative estimate of drug-likeness (QED) is 0.728. The average molecular weight is 382 g/mol. The van der Waals surface area contributed by atoms with Crippen LogP contribution in [0.3, 0.4) is 0 Å². The van der Waals surface area contributed by atoms with Crippen molar-refractivity contribution >= 4 is 28.3 Å². The van der Waals surface area contributed by atoms with Gasteiger partial charge in [0.1, 0.15) is 0 Å². The Morgan fingerprint density at radius 2 is 1.79 bits per heavy atom. The highest BCUT2D eigenvalue weighted by Crippen LogP contribution is 2.24. The summed E-state index contributed by atoms with van der Waals surface area (Å²) in [6.45, 7) is 7.00. The lowest BCUT2D eigenvalue weighted by Gasteiger charge is -2.32. The summed E-state index contributed by atoms with van der Waals surface area (Å²) >= 11 is 0. The van der Waals surface area contributed by atoms with Crippen molar-refractivity contribution in [2.75, 3.05) is 31.9 Å². The molecule has 2 N–H and O–H groups in total. The smallest absolute Gasteiger partial charge is 0.220 e. The predicted octanol–water partition coefficient (Wildman–Crippen LogP) is 1.36. The minimum atomic E-state index is -3.09. The maximum absolute atomic E-state index is 12.2. The van der Waals surface area contributed by atoms with Gasteiger partial charge in [0.25, 0.3) is 0 Å². The van der Waals surface area contributed by atoms with E-state index in [0.717, 1.165) is 25.9 Å². The largest absolute Gasteiger partial charge is 0.353 e. The Bertz CT molecular complexity index is 487. The number of rotatable bonds is 6. The van der Waals surface area contributed by atoms with Gasteiger partial charge in [0.2, 0.25) is 15.9 Å². The number of piperidine rings is 2. The van der Waals surface area contributed by atoms with Crippen molar-refractivity contribution in [2.24, 2.45) is 11.8 Å². The fourth-order valence-corrected chi connectivity index (χ4v) is 4.75. The summed E-state index contributed by atoms with van der Waals surface area (Å²) in [5, 5.41) is 6.46. The van der Waals surface area contributed by atoms with Crippen molar-refractivity contribution in [3.05, 3.63) is 0 Å². The average Bonchev–Trinajstić information content (AvgIpc) is 2.56. The van der Waals surface area contributed by atoms with Crippen molar-refractivity contribution in [1.29, 1.82) is 0 Å². The standard InChI is InChI=1S/C16H31N3O3S.ClH/c1-3-23(21,22)19-10-6-15(7-11-19)18-16(20)12-13(2)14-4-8-17-9-5-14;/h13-15,17H,3-12H2,1-2H3,(H,18,20);1H. The molecule has 2 saturated heterocycles. The zero-order valence-electron chi connectivity index (χ0n) is 14.8. The molecular weight excluding hydrogens is 350 g/mol. The minimum absolute atomic E-state index is 0. The molecule has 0 bridgehead atoms. The van der Waals surface area contributed by atoms with Gasteiger partial charge in [-0.3, -0.25) is 4.79 Å². The van der Waals surface area contributed by atoms with E-state index in [1.807, 2.05) is 0 Å². The first-order valence-corrected chi connectivity index (χ1v) is 10.5. The van der Waals surface area contributed by atoms with Crippen molar-refractivity contribution < 1.29 is 13.2 Å². The first-order valence-electron chi connectivity index (χ1n) is 8.90. The number of nitrogens with zero attached hydrogens (tertiary/aromatic N) is 1. The summed E-state index contributed by atoms with van der Waals surface area (Å²) in [7, 11) is -3.09. The van der Waals surface area contributed by atoms with Gasteiger partial charge in [0.15, 0.2) is 0 Å².